The number of benzene rings is 1. The van der Waals surface area contributed by atoms with Crippen molar-refractivity contribution in [3.05, 3.63) is 42.0 Å². The fourth-order valence-corrected chi connectivity index (χ4v) is 4.44. The topological polar surface area (TPSA) is 128 Å². The van der Waals surface area contributed by atoms with Crippen molar-refractivity contribution in [2.24, 2.45) is 0 Å². The van der Waals surface area contributed by atoms with Crippen LogP contribution in [0.25, 0.3) is 0 Å². The first-order valence-electron chi connectivity index (χ1n) is 8.87. The molecule has 2 aromatic rings. The van der Waals surface area contributed by atoms with E-state index in [0.29, 0.717) is 25.7 Å². The standard InChI is InChI=1S/C18H20FN3O6S/c1-27-16-17(21-9-8-20-16)28-12-4-2-11(3-5-12)22-29(25,26)13-6-7-15(19)14(10-13)18(23)24/h6-12,22H,2-5H2,1H3,(H,23,24). The lowest BCUT2D eigenvalue weighted by molar-refractivity contribution is 0.0691. The van der Waals surface area contributed by atoms with Crippen molar-refractivity contribution in [1.29, 1.82) is 0 Å². The first-order valence-corrected chi connectivity index (χ1v) is 10.4. The van der Waals surface area contributed by atoms with Crippen molar-refractivity contribution in [3.63, 3.8) is 0 Å². The molecule has 11 heteroatoms. The molecule has 1 aromatic heterocycles. The summed E-state index contributed by atoms with van der Waals surface area (Å²) < 4.78 is 52.1. The molecular weight excluding hydrogens is 405 g/mol. The van der Waals surface area contributed by atoms with Gasteiger partial charge in [0, 0.05) is 18.4 Å². The average Bonchev–Trinajstić information content (AvgIpc) is 2.69. The van der Waals surface area contributed by atoms with Gasteiger partial charge in [0.2, 0.25) is 10.0 Å². The maximum atomic E-state index is 13.5. The number of hydrogen-bond donors (Lipinski definition) is 2. The molecular formula is C18H20FN3O6S. The predicted octanol–water partition coefficient (Wildman–Crippen LogP) is 1.99. The molecule has 0 amide bonds. The van der Waals surface area contributed by atoms with Crippen LogP contribution < -0.4 is 14.2 Å². The van der Waals surface area contributed by atoms with E-state index in [1.165, 1.54) is 19.5 Å². The molecule has 1 aliphatic rings. The van der Waals surface area contributed by atoms with Gasteiger partial charge in [-0.15, -0.1) is 0 Å². The van der Waals surface area contributed by atoms with Gasteiger partial charge >= 0.3 is 5.97 Å². The van der Waals surface area contributed by atoms with Crippen LogP contribution in [0.15, 0.2) is 35.5 Å². The summed E-state index contributed by atoms with van der Waals surface area (Å²) in [7, 11) is -2.52. The fourth-order valence-electron chi connectivity index (χ4n) is 3.11. The fraction of sp³-hybridized carbons (Fsp3) is 0.389. The predicted molar refractivity (Wildman–Crippen MR) is 98.9 cm³/mol. The van der Waals surface area contributed by atoms with Gasteiger partial charge in [-0.3, -0.25) is 0 Å². The summed E-state index contributed by atoms with van der Waals surface area (Å²) in [4.78, 5) is 18.8. The molecule has 1 aromatic carbocycles. The first kappa shape index (κ1) is 20.9. The lowest BCUT2D eigenvalue weighted by Gasteiger charge is -2.29. The Hall–Kier alpha value is -2.79. The number of halogens is 1. The Morgan fingerprint density at radius 2 is 1.83 bits per heavy atom. The highest BCUT2D eigenvalue weighted by Crippen LogP contribution is 2.28. The van der Waals surface area contributed by atoms with E-state index in [1.54, 1.807) is 0 Å². The molecule has 29 heavy (non-hydrogen) atoms. The van der Waals surface area contributed by atoms with E-state index in [-0.39, 0.29) is 28.8 Å². The van der Waals surface area contributed by atoms with E-state index >= 15 is 0 Å². The molecule has 0 unspecified atom stereocenters. The number of carboxylic acid groups (broad SMARTS) is 1. The number of ether oxygens (including phenoxy) is 2. The van der Waals surface area contributed by atoms with Crippen LogP contribution in [0.3, 0.4) is 0 Å². The highest BCUT2D eigenvalue weighted by Gasteiger charge is 2.28. The minimum Gasteiger partial charge on any atom is -0.478 e. The highest BCUT2D eigenvalue weighted by molar-refractivity contribution is 7.89. The maximum absolute atomic E-state index is 13.5. The number of hydrogen-bond acceptors (Lipinski definition) is 7. The molecule has 0 spiro atoms. The number of carbonyl (C=O) groups is 1. The van der Waals surface area contributed by atoms with E-state index in [9.17, 15) is 17.6 Å². The molecule has 0 atom stereocenters. The number of aromatic nitrogens is 2. The van der Waals surface area contributed by atoms with Gasteiger partial charge in [0.1, 0.15) is 11.9 Å². The van der Waals surface area contributed by atoms with Crippen molar-refractivity contribution >= 4 is 16.0 Å². The van der Waals surface area contributed by atoms with E-state index in [0.717, 1.165) is 18.2 Å². The average molecular weight is 425 g/mol. The van der Waals surface area contributed by atoms with E-state index in [1.807, 2.05) is 0 Å². The Balaban J connectivity index is 1.61. The van der Waals surface area contributed by atoms with Crippen LogP contribution in [0.1, 0.15) is 36.0 Å². The molecule has 0 bridgehead atoms. The first-order chi connectivity index (χ1) is 13.8. The summed E-state index contributed by atoms with van der Waals surface area (Å²) in [5, 5.41) is 8.98. The number of nitrogens with one attached hydrogen (secondary N) is 1. The molecule has 156 valence electrons. The Kier molecular flexibility index (Phi) is 6.28. The smallest absolute Gasteiger partial charge is 0.338 e. The molecule has 0 aliphatic heterocycles. The molecule has 1 heterocycles. The van der Waals surface area contributed by atoms with Gasteiger partial charge < -0.3 is 14.6 Å². The van der Waals surface area contributed by atoms with E-state index < -0.39 is 27.4 Å². The number of carboxylic acids is 1. The van der Waals surface area contributed by atoms with Crippen LogP contribution in [-0.2, 0) is 10.0 Å². The normalized spacial score (nSPS) is 19.5. The second-order valence-electron chi connectivity index (χ2n) is 6.53. The van der Waals surface area contributed by atoms with Crippen molar-refractivity contribution in [1.82, 2.24) is 14.7 Å². The van der Waals surface area contributed by atoms with Crippen molar-refractivity contribution < 1.29 is 32.2 Å². The molecule has 0 radical (unpaired) electrons. The number of sulfonamides is 1. The Morgan fingerprint density at radius 3 is 2.45 bits per heavy atom. The van der Waals surface area contributed by atoms with Crippen LogP contribution in [0, 0.1) is 5.82 Å². The Labute approximate surface area is 167 Å². The van der Waals surface area contributed by atoms with Gasteiger partial charge in [0.25, 0.3) is 11.8 Å². The van der Waals surface area contributed by atoms with Gasteiger partial charge in [0.15, 0.2) is 0 Å². The van der Waals surface area contributed by atoms with Crippen LogP contribution in [-0.4, -0.2) is 48.7 Å². The van der Waals surface area contributed by atoms with Gasteiger partial charge in [-0.1, -0.05) is 0 Å². The molecule has 9 nitrogen and oxygen atoms in total. The second kappa shape index (κ2) is 8.70. The minimum absolute atomic E-state index is 0.161. The summed E-state index contributed by atoms with van der Waals surface area (Å²) in [6.45, 7) is 0. The number of rotatable bonds is 7. The summed E-state index contributed by atoms with van der Waals surface area (Å²) in [5.74, 6) is -1.96. The number of methoxy groups -OCH3 is 1. The lowest BCUT2D eigenvalue weighted by atomic mass is 9.94. The van der Waals surface area contributed by atoms with E-state index in [4.69, 9.17) is 14.6 Å². The van der Waals surface area contributed by atoms with Crippen molar-refractivity contribution in [3.8, 4) is 11.8 Å². The molecule has 1 saturated carbocycles. The van der Waals surface area contributed by atoms with Crippen molar-refractivity contribution in [2.75, 3.05) is 7.11 Å². The van der Waals surface area contributed by atoms with Crippen LogP contribution in [0.2, 0.25) is 0 Å². The largest absolute Gasteiger partial charge is 0.478 e. The third-order valence-electron chi connectivity index (χ3n) is 4.58. The van der Waals surface area contributed by atoms with Crippen LogP contribution in [0.5, 0.6) is 11.8 Å². The summed E-state index contributed by atoms with van der Waals surface area (Å²) in [6.07, 6.45) is 5.01. The molecule has 3 rings (SSSR count). The zero-order valence-corrected chi connectivity index (χ0v) is 16.4. The highest BCUT2D eigenvalue weighted by atomic mass is 32.2. The summed E-state index contributed by atoms with van der Waals surface area (Å²) >= 11 is 0. The third-order valence-corrected chi connectivity index (χ3v) is 6.10. The molecule has 2 N–H and O–H groups in total. The zero-order valence-electron chi connectivity index (χ0n) is 15.5. The van der Waals surface area contributed by atoms with Gasteiger partial charge in [-0.2, -0.15) is 0 Å². The third kappa shape index (κ3) is 4.98. The monoisotopic (exact) mass is 425 g/mol. The SMILES string of the molecule is COc1nccnc1OC1CCC(NS(=O)(=O)c2ccc(F)c(C(=O)O)c2)CC1. The minimum atomic E-state index is -3.98. The van der Waals surface area contributed by atoms with E-state index in [2.05, 4.69) is 14.7 Å². The Bertz CT molecular complexity index is 993. The van der Waals surface area contributed by atoms with Crippen LogP contribution in [0.4, 0.5) is 4.39 Å². The Morgan fingerprint density at radius 1 is 1.17 bits per heavy atom. The maximum Gasteiger partial charge on any atom is 0.338 e. The lowest BCUT2D eigenvalue weighted by Crippen LogP contribution is -2.39. The molecule has 1 fully saturated rings. The van der Waals surface area contributed by atoms with Crippen molar-refractivity contribution in [2.45, 2.75) is 42.7 Å². The quantitative estimate of drug-likeness (QED) is 0.689. The van der Waals surface area contributed by atoms with Gasteiger partial charge in [-0.05, 0) is 43.9 Å². The molecule has 1 aliphatic carbocycles. The van der Waals surface area contributed by atoms with Crippen LogP contribution >= 0.6 is 0 Å². The summed E-state index contributed by atoms with van der Waals surface area (Å²) in [6, 6.07) is 2.34. The van der Waals surface area contributed by atoms with Gasteiger partial charge in [-0.25, -0.2) is 32.3 Å². The zero-order chi connectivity index (χ0) is 21.0. The van der Waals surface area contributed by atoms with Gasteiger partial charge in [0.05, 0.1) is 17.6 Å². The second-order valence-corrected chi connectivity index (χ2v) is 8.24. The molecule has 0 saturated heterocycles. The summed E-state index contributed by atoms with van der Waals surface area (Å²) in [5.41, 5.74) is -0.692. The number of nitrogens with zero attached hydrogens (tertiary/aromatic N) is 2. The number of aromatic carboxylic acids is 1.